The third kappa shape index (κ3) is 4.22. The Labute approximate surface area is 173 Å². The highest BCUT2D eigenvalue weighted by Crippen LogP contribution is 2.24. The van der Waals surface area contributed by atoms with E-state index in [-0.39, 0.29) is 6.04 Å². The highest BCUT2D eigenvalue weighted by Gasteiger charge is 2.30. The van der Waals surface area contributed by atoms with Gasteiger partial charge in [-0.3, -0.25) is 0 Å². The molecule has 0 amide bonds. The van der Waals surface area contributed by atoms with Crippen LogP contribution >= 0.6 is 0 Å². The minimum atomic E-state index is -3.55. The van der Waals surface area contributed by atoms with Crippen molar-refractivity contribution in [2.75, 3.05) is 19.6 Å². The average molecular weight is 410 g/mol. The van der Waals surface area contributed by atoms with Gasteiger partial charge in [0.1, 0.15) is 6.04 Å². The Balaban J connectivity index is 1.65. The van der Waals surface area contributed by atoms with Gasteiger partial charge in [0.05, 0.1) is 24.5 Å². The number of sulfonamides is 1. The molecule has 5 heteroatoms. The van der Waals surface area contributed by atoms with Crippen molar-refractivity contribution >= 4 is 20.8 Å². The summed E-state index contributed by atoms with van der Waals surface area (Å²) in [5, 5.41) is 2.41. The number of quaternary nitrogens is 1. The predicted molar refractivity (Wildman–Crippen MR) is 118 cm³/mol. The number of hydrogen-bond donors (Lipinski definition) is 2. The molecular weight excluding hydrogens is 380 g/mol. The van der Waals surface area contributed by atoms with Crippen LogP contribution in [-0.4, -0.2) is 28.1 Å². The van der Waals surface area contributed by atoms with E-state index < -0.39 is 10.0 Å². The molecule has 1 aliphatic rings. The van der Waals surface area contributed by atoms with Crippen LogP contribution in [0.1, 0.15) is 35.6 Å². The number of benzene rings is 3. The number of hydrogen-bond acceptors (Lipinski definition) is 2. The Morgan fingerprint density at radius 2 is 1.66 bits per heavy atom. The lowest BCUT2D eigenvalue weighted by molar-refractivity contribution is -0.918. The quantitative estimate of drug-likeness (QED) is 0.657. The smallest absolute Gasteiger partial charge is 0.240 e. The first kappa shape index (κ1) is 20.1. The van der Waals surface area contributed by atoms with Crippen molar-refractivity contribution < 1.29 is 13.3 Å². The molecule has 1 fully saturated rings. The number of fused-ring (bicyclic) bond motifs is 1. The third-order valence-corrected chi connectivity index (χ3v) is 7.62. The van der Waals surface area contributed by atoms with Gasteiger partial charge < -0.3 is 4.90 Å². The molecule has 4 rings (SSSR count). The van der Waals surface area contributed by atoms with Crippen molar-refractivity contribution in [1.82, 2.24) is 4.72 Å². The molecular formula is C24H29N2O2S+. The van der Waals surface area contributed by atoms with Crippen LogP contribution in [0.3, 0.4) is 0 Å². The van der Waals surface area contributed by atoms with E-state index >= 15 is 0 Å². The predicted octanol–water partition coefficient (Wildman–Crippen LogP) is 3.15. The van der Waals surface area contributed by atoms with E-state index in [0.29, 0.717) is 11.4 Å². The van der Waals surface area contributed by atoms with Crippen LogP contribution in [0.4, 0.5) is 0 Å². The number of aryl methyl sites for hydroxylation is 2. The molecule has 4 nitrogen and oxygen atoms in total. The Bertz CT molecular complexity index is 1110. The van der Waals surface area contributed by atoms with Gasteiger partial charge in [-0.25, -0.2) is 13.1 Å². The van der Waals surface area contributed by atoms with Crippen LogP contribution in [-0.2, 0) is 10.0 Å². The molecule has 0 bridgehead atoms. The van der Waals surface area contributed by atoms with Crippen molar-refractivity contribution in [3.05, 3.63) is 77.4 Å². The Kier molecular flexibility index (Phi) is 5.72. The molecule has 0 saturated carbocycles. The summed E-state index contributed by atoms with van der Waals surface area (Å²) in [6, 6.07) is 20.2. The average Bonchev–Trinajstić information content (AvgIpc) is 3.25. The van der Waals surface area contributed by atoms with Crippen molar-refractivity contribution in [3.63, 3.8) is 0 Å². The minimum absolute atomic E-state index is 0.102. The fourth-order valence-electron chi connectivity index (χ4n) is 4.36. The normalized spacial score (nSPS) is 16.3. The van der Waals surface area contributed by atoms with Gasteiger partial charge in [-0.05, 0) is 47.9 Å². The molecule has 152 valence electrons. The number of nitrogens with one attached hydrogen (secondary N) is 2. The Hall–Kier alpha value is -2.21. The highest BCUT2D eigenvalue weighted by molar-refractivity contribution is 7.89. The summed E-state index contributed by atoms with van der Waals surface area (Å²) in [7, 11) is -3.55. The van der Waals surface area contributed by atoms with Crippen LogP contribution in [0.25, 0.3) is 10.8 Å². The molecule has 0 spiro atoms. The molecule has 1 saturated heterocycles. The van der Waals surface area contributed by atoms with Crippen molar-refractivity contribution in [2.24, 2.45) is 0 Å². The molecule has 0 aliphatic carbocycles. The van der Waals surface area contributed by atoms with Crippen LogP contribution in [0.15, 0.2) is 65.6 Å². The first-order valence-electron chi connectivity index (χ1n) is 10.3. The summed E-state index contributed by atoms with van der Waals surface area (Å²) in [5.74, 6) is 0. The summed E-state index contributed by atoms with van der Waals surface area (Å²) in [5.41, 5.74) is 3.31. The van der Waals surface area contributed by atoms with Gasteiger partial charge in [0, 0.05) is 18.4 Å². The van der Waals surface area contributed by atoms with E-state index in [1.807, 2.05) is 26.0 Å². The largest absolute Gasteiger partial charge is 0.328 e. The minimum Gasteiger partial charge on any atom is -0.328 e. The summed E-state index contributed by atoms with van der Waals surface area (Å²) < 4.78 is 28.9. The zero-order valence-electron chi connectivity index (χ0n) is 17.1. The number of likely N-dealkylation sites (tertiary alicyclic amines) is 1. The van der Waals surface area contributed by atoms with Crippen LogP contribution in [0, 0.1) is 13.8 Å². The lowest BCUT2D eigenvalue weighted by Gasteiger charge is -2.26. The highest BCUT2D eigenvalue weighted by atomic mass is 32.2. The fraction of sp³-hybridized carbons (Fsp3) is 0.333. The van der Waals surface area contributed by atoms with Gasteiger partial charge in [0.25, 0.3) is 0 Å². The van der Waals surface area contributed by atoms with E-state index in [1.54, 1.807) is 12.1 Å². The van der Waals surface area contributed by atoms with E-state index in [1.165, 1.54) is 34.1 Å². The Morgan fingerprint density at radius 3 is 2.41 bits per heavy atom. The number of rotatable bonds is 6. The maximum atomic E-state index is 13.0. The van der Waals surface area contributed by atoms with Crippen LogP contribution in [0.2, 0.25) is 0 Å². The van der Waals surface area contributed by atoms with Crippen molar-refractivity contribution in [3.8, 4) is 0 Å². The van der Waals surface area contributed by atoms with Gasteiger partial charge in [-0.2, -0.15) is 0 Å². The van der Waals surface area contributed by atoms with Crippen LogP contribution < -0.4 is 9.62 Å². The van der Waals surface area contributed by atoms with Gasteiger partial charge in [0.15, 0.2) is 0 Å². The molecule has 3 aromatic carbocycles. The summed E-state index contributed by atoms with van der Waals surface area (Å²) in [4.78, 5) is 1.80. The van der Waals surface area contributed by atoms with Gasteiger partial charge in [-0.15, -0.1) is 0 Å². The fourth-order valence-corrected chi connectivity index (χ4v) is 5.50. The molecule has 1 heterocycles. The van der Waals surface area contributed by atoms with Gasteiger partial charge in [0.2, 0.25) is 10.0 Å². The zero-order chi connectivity index (χ0) is 20.4. The van der Waals surface area contributed by atoms with E-state index in [9.17, 15) is 8.42 Å². The molecule has 2 N–H and O–H groups in total. The first-order chi connectivity index (χ1) is 14.0. The topological polar surface area (TPSA) is 50.6 Å². The lowest BCUT2D eigenvalue weighted by Crippen LogP contribution is -3.11. The first-order valence-corrected chi connectivity index (χ1v) is 11.8. The van der Waals surface area contributed by atoms with Gasteiger partial charge >= 0.3 is 0 Å². The maximum absolute atomic E-state index is 13.0. The maximum Gasteiger partial charge on any atom is 0.240 e. The standard InChI is InChI=1S/C24H28N2O2S/c1-18-12-13-21(16-19(18)2)29(27,28)25-17-24(26-14-5-6-15-26)23-11-7-9-20-8-3-4-10-22(20)23/h3-4,7-13,16,24-25H,5-6,14-15,17H2,1-2H3/p+1/t24-/m0/s1. The lowest BCUT2D eigenvalue weighted by atomic mass is 9.98. The molecule has 1 aliphatic heterocycles. The molecule has 1 atom stereocenters. The Morgan fingerprint density at radius 1 is 0.931 bits per heavy atom. The van der Waals surface area contributed by atoms with E-state index in [2.05, 4.69) is 41.1 Å². The second-order valence-corrected chi connectivity index (χ2v) is 9.85. The molecule has 0 aromatic heterocycles. The second-order valence-electron chi connectivity index (χ2n) is 8.08. The molecule has 0 radical (unpaired) electrons. The third-order valence-electron chi connectivity index (χ3n) is 6.20. The SMILES string of the molecule is Cc1ccc(S(=O)(=O)NC[C@@H](c2cccc3ccccc23)[NH+]2CCCC2)cc1C. The summed E-state index contributed by atoms with van der Waals surface area (Å²) in [6.07, 6.45) is 2.39. The van der Waals surface area contributed by atoms with Gasteiger partial charge in [-0.1, -0.05) is 48.5 Å². The molecule has 29 heavy (non-hydrogen) atoms. The second kappa shape index (κ2) is 8.27. The van der Waals surface area contributed by atoms with Crippen molar-refractivity contribution in [2.45, 2.75) is 37.6 Å². The monoisotopic (exact) mass is 409 g/mol. The van der Waals surface area contributed by atoms with Crippen molar-refractivity contribution in [1.29, 1.82) is 0 Å². The van der Waals surface area contributed by atoms with E-state index in [4.69, 9.17) is 0 Å². The van der Waals surface area contributed by atoms with E-state index in [0.717, 1.165) is 24.2 Å². The van der Waals surface area contributed by atoms with Crippen LogP contribution in [0.5, 0.6) is 0 Å². The molecule has 3 aromatic rings. The molecule has 0 unspecified atom stereocenters. The zero-order valence-corrected chi connectivity index (χ0v) is 17.9. The summed E-state index contributed by atoms with van der Waals surface area (Å²) >= 11 is 0. The summed E-state index contributed by atoms with van der Waals surface area (Å²) in [6.45, 7) is 6.51.